The Morgan fingerprint density at radius 3 is 2.48 bits per heavy atom. The molecule has 1 N–H and O–H groups in total. The van der Waals surface area contributed by atoms with Crippen LogP contribution in [0.15, 0.2) is 22.7 Å². The predicted molar refractivity (Wildman–Crippen MR) is 79.5 cm³/mol. The highest BCUT2D eigenvalue weighted by Crippen LogP contribution is 2.35. The fourth-order valence-electron chi connectivity index (χ4n) is 1.53. The van der Waals surface area contributed by atoms with Gasteiger partial charge in [-0.3, -0.25) is 4.79 Å². The molecule has 0 aromatic heterocycles. The molecule has 0 aliphatic carbocycles. The third-order valence-corrected chi connectivity index (χ3v) is 3.10. The Labute approximate surface area is 130 Å². The van der Waals surface area contributed by atoms with E-state index in [1.807, 2.05) is 6.92 Å². The van der Waals surface area contributed by atoms with Crippen LogP contribution in [0.4, 0.5) is 0 Å². The number of benzene rings is 1. The second-order valence-corrected chi connectivity index (χ2v) is 4.66. The summed E-state index contributed by atoms with van der Waals surface area (Å²) in [6.45, 7) is 2.29. The van der Waals surface area contributed by atoms with E-state index in [1.54, 1.807) is 6.07 Å². The number of ketones is 1. The Bertz CT molecular complexity index is 579. The zero-order valence-electron chi connectivity index (χ0n) is 11.8. The summed E-state index contributed by atoms with van der Waals surface area (Å²) >= 11 is 3.29. The van der Waals surface area contributed by atoms with Gasteiger partial charge in [0, 0.05) is 12.1 Å². The summed E-state index contributed by atoms with van der Waals surface area (Å²) in [5.74, 6) is -1.61. The molecule has 0 saturated carbocycles. The highest BCUT2D eigenvalue weighted by atomic mass is 79.9. The van der Waals surface area contributed by atoms with E-state index in [4.69, 9.17) is 9.47 Å². The number of hydrogen-bond donors (Lipinski definition) is 1. The molecule has 0 aliphatic rings. The van der Waals surface area contributed by atoms with E-state index >= 15 is 0 Å². The number of aliphatic hydroxyl groups is 1. The molecule has 0 aliphatic heterocycles. The van der Waals surface area contributed by atoms with Crippen LogP contribution < -0.4 is 9.47 Å². The van der Waals surface area contributed by atoms with Gasteiger partial charge in [-0.2, -0.15) is 0 Å². The van der Waals surface area contributed by atoms with Crippen LogP contribution in [0.1, 0.15) is 12.5 Å². The highest BCUT2D eigenvalue weighted by Gasteiger charge is 2.17. The quantitative estimate of drug-likeness (QED) is 0.364. The van der Waals surface area contributed by atoms with Gasteiger partial charge < -0.3 is 19.3 Å². The minimum atomic E-state index is -1.06. The maximum absolute atomic E-state index is 11.4. The van der Waals surface area contributed by atoms with Crippen molar-refractivity contribution < 1.29 is 28.9 Å². The van der Waals surface area contributed by atoms with Gasteiger partial charge in [0.25, 0.3) is 5.78 Å². The molecule has 0 radical (unpaired) electrons. The third kappa shape index (κ3) is 4.22. The van der Waals surface area contributed by atoms with Crippen LogP contribution in [0.25, 0.3) is 5.76 Å². The summed E-state index contributed by atoms with van der Waals surface area (Å²) in [6.07, 6.45) is 0.774. The van der Waals surface area contributed by atoms with Crippen molar-refractivity contribution in [2.24, 2.45) is 0 Å². The topological polar surface area (TPSA) is 82.1 Å². The highest BCUT2D eigenvalue weighted by molar-refractivity contribution is 9.10. The number of rotatable bonds is 6. The first-order valence-corrected chi connectivity index (χ1v) is 6.77. The molecule has 6 nitrogen and oxygen atoms in total. The summed E-state index contributed by atoms with van der Waals surface area (Å²) in [6, 6.07) is 3.09. The molecule has 0 spiro atoms. The molecular weight excluding hydrogens is 344 g/mol. The molecule has 0 atom stereocenters. The number of ether oxygens (including phenoxy) is 3. The average Bonchev–Trinajstić information content (AvgIpc) is 2.47. The smallest absolute Gasteiger partial charge is 0.378 e. The molecule has 21 heavy (non-hydrogen) atoms. The monoisotopic (exact) mass is 358 g/mol. The van der Waals surface area contributed by atoms with Gasteiger partial charge in [-0.05, 0) is 28.9 Å². The Balaban J connectivity index is 3.23. The maximum atomic E-state index is 11.4. The van der Waals surface area contributed by atoms with Crippen molar-refractivity contribution in [3.8, 4) is 11.5 Å². The van der Waals surface area contributed by atoms with Crippen LogP contribution in [-0.2, 0) is 14.3 Å². The molecular formula is C14H15BrO6. The predicted octanol–water partition coefficient (Wildman–Crippen LogP) is 2.50. The molecule has 0 amide bonds. The summed E-state index contributed by atoms with van der Waals surface area (Å²) in [7, 11) is 2.50. The normalized spacial score (nSPS) is 11.0. The minimum Gasteiger partial charge on any atom is -0.507 e. The van der Waals surface area contributed by atoms with E-state index in [0.717, 1.165) is 13.2 Å². The maximum Gasteiger partial charge on any atom is 0.378 e. The van der Waals surface area contributed by atoms with Crippen molar-refractivity contribution in [1.82, 2.24) is 0 Å². The SMILES string of the molecule is CCOc1cc(OC)c(/C(O)=C/C(=O)C(=O)OC)cc1Br. The number of carbonyl (C=O) groups is 2. The van der Waals surface area contributed by atoms with Gasteiger partial charge in [0.05, 0.1) is 30.9 Å². The van der Waals surface area contributed by atoms with Crippen LogP contribution in [0.2, 0.25) is 0 Å². The van der Waals surface area contributed by atoms with E-state index in [0.29, 0.717) is 22.6 Å². The zero-order valence-corrected chi connectivity index (χ0v) is 13.4. The van der Waals surface area contributed by atoms with Crippen LogP contribution >= 0.6 is 15.9 Å². The van der Waals surface area contributed by atoms with Crippen LogP contribution in [0.3, 0.4) is 0 Å². The molecule has 0 fully saturated rings. The van der Waals surface area contributed by atoms with Crippen LogP contribution in [0.5, 0.6) is 11.5 Å². The average molecular weight is 359 g/mol. The summed E-state index contributed by atoms with van der Waals surface area (Å²) < 4.78 is 15.4. The summed E-state index contributed by atoms with van der Waals surface area (Å²) in [5.41, 5.74) is 0.241. The number of carbonyl (C=O) groups excluding carboxylic acids is 2. The van der Waals surface area contributed by atoms with Crippen molar-refractivity contribution in [3.63, 3.8) is 0 Å². The largest absolute Gasteiger partial charge is 0.507 e. The summed E-state index contributed by atoms with van der Waals surface area (Å²) in [4.78, 5) is 22.5. The van der Waals surface area contributed by atoms with E-state index in [9.17, 15) is 14.7 Å². The minimum absolute atomic E-state index is 0.241. The third-order valence-electron chi connectivity index (χ3n) is 2.48. The molecule has 1 aromatic carbocycles. The number of aliphatic hydroxyl groups excluding tert-OH is 1. The van der Waals surface area contributed by atoms with E-state index in [2.05, 4.69) is 20.7 Å². The first-order valence-electron chi connectivity index (χ1n) is 5.98. The lowest BCUT2D eigenvalue weighted by atomic mass is 10.1. The molecule has 114 valence electrons. The van der Waals surface area contributed by atoms with E-state index < -0.39 is 17.5 Å². The Morgan fingerprint density at radius 2 is 1.95 bits per heavy atom. The number of halogens is 1. The van der Waals surface area contributed by atoms with Gasteiger partial charge in [-0.25, -0.2) is 4.79 Å². The molecule has 0 bridgehead atoms. The van der Waals surface area contributed by atoms with Gasteiger partial charge in [0.1, 0.15) is 17.3 Å². The first-order chi connectivity index (χ1) is 9.94. The van der Waals surface area contributed by atoms with Crippen molar-refractivity contribution in [1.29, 1.82) is 0 Å². The van der Waals surface area contributed by atoms with Crippen molar-refractivity contribution >= 4 is 33.4 Å². The van der Waals surface area contributed by atoms with Crippen molar-refractivity contribution in [2.45, 2.75) is 6.92 Å². The second-order valence-electron chi connectivity index (χ2n) is 3.80. The molecule has 7 heteroatoms. The molecule has 1 aromatic rings. The Hall–Kier alpha value is -2.02. The van der Waals surface area contributed by atoms with Crippen molar-refractivity contribution in [3.05, 3.63) is 28.2 Å². The Morgan fingerprint density at radius 1 is 1.29 bits per heavy atom. The lowest BCUT2D eigenvalue weighted by Crippen LogP contribution is -2.13. The van der Waals surface area contributed by atoms with Crippen molar-refractivity contribution in [2.75, 3.05) is 20.8 Å². The number of hydrogen-bond acceptors (Lipinski definition) is 6. The fraction of sp³-hybridized carbons (Fsp3) is 0.286. The van der Waals surface area contributed by atoms with Gasteiger partial charge in [0.2, 0.25) is 0 Å². The van der Waals surface area contributed by atoms with Gasteiger partial charge >= 0.3 is 5.97 Å². The van der Waals surface area contributed by atoms with E-state index in [-0.39, 0.29) is 5.56 Å². The molecule has 0 heterocycles. The van der Waals surface area contributed by atoms with Crippen LogP contribution in [0, 0.1) is 0 Å². The van der Waals surface area contributed by atoms with E-state index in [1.165, 1.54) is 13.2 Å². The van der Waals surface area contributed by atoms with Gasteiger partial charge in [0.15, 0.2) is 0 Å². The van der Waals surface area contributed by atoms with Crippen LogP contribution in [-0.4, -0.2) is 37.7 Å². The second kappa shape index (κ2) is 7.68. The number of esters is 1. The Kier molecular flexibility index (Phi) is 6.23. The fourth-order valence-corrected chi connectivity index (χ4v) is 1.99. The molecule has 0 unspecified atom stereocenters. The molecule has 1 rings (SSSR count). The zero-order chi connectivity index (χ0) is 16.0. The molecule has 0 saturated heterocycles. The number of methoxy groups -OCH3 is 2. The lowest BCUT2D eigenvalue weighted by Gasteiger charge is -2.12. The van der Waals surface area contributed by atoms with Gasteiger partial charge in [-0.15, -0.1) is 0 Å². The first kappa shape index (κ1) is 17.0. The standard InChI is InChI=1S/C14H15BrO6/c1-4-21-13-7-12(19-2)8(5-9(13)15)10(16)6-11(17)14(18)20-3/h5-7,16H,4H2,1-3H3/b10-6-. The van der Waals surface area contributed by atoms with Gasteiger partial charge in [-0.1, -0.05) is 0 Å². The lowest BCUT2D eigenvalue weighted by molar-refractivity contribution is -0.149. The summed E-state index contributed by atoms with van der Waals surface area (Å²) in [5, 5.41) is 9.98.